The number of para-hydroxylation sites is 4. The van der Waals surface area contributed by atoms with Crippen LogP contribution in [0.25, 0.3) is 98.9 Å². The molecule has 2 aliphatic rings. The molecule has 13 rings (SSSR count). The van der Waals surface area contributed by atoms with Crippen molar-refractivity contribution in [3.05, 3.63) is 144 Å². The van der Waals surface area contributed by atoms with Crippen LogP contribution in [0.2, 0.25) is 0 Å². The van der Waals surface area contributed by atoms with Crippen LogP contribution in [0, 0.1) is 22.7 Å². The zero-order valence-electron chi connectivity index (χ0n) is 34.4. The Morgan fingerprint density at radius 1 is 0.403 bits per heavy atom. The van der Waals surface area contributed by atoms with Gasteiger partial charge in [0.2, 0.25) is 0 Å². The van der Waals surface area contributed by atoms with Gasteiger partial charge in [0.25, 0.3) is 0 Å². The lowest BCUT2D eigenvalue weighted by Crippen LogP contribution is -2.20. The summed E-state index contributed by atoms with van der Waals surface area (Å²) in [5, 5.41) is 32.7. The molecule has 0 saturated heterocycles. The summed E-state index contributed by atoms with van der Waals surface area (Å²) in [6, 6.07) is 48.2. The van der Waals surface area contributed by atoms with E-state index >= 15 is 0 Å². The highest BCUT2D eigenvalue weighted by molar-refractivity contribution is 6.26. The second kappa shape index (κ2) is 13.6. The molecule has 2 fully saturated rings. The van der Waals surface area contributed by atoms with E-state index in [0.29, 0.717) is 16.8 Å². The average Bonchev–Trinajstić information content (AvgIpc) is 4.08. The van der Waals surface area contributed by atoms with E-state index in [1.165, 1.54) is 12.8 Å². The molecule has 0 radical (unpaired) electrons. The summed E-state index contributed by atoms with van der Waals surface area (Å²) in [6.45, 7) is 0. The fourth-order valence-electron chi connectivity index (χ4n) is 12.0. The summed E-state index contributed by atoms with van der Waals surface area (Å²) in [5.74, 6) is 0.253. The van der Waals surface area contributed by atoms with E-state index in [2.05, 4.69) is 124 Å². The highest BCUT2D eigenvalue weighted by Crippen LogP contribution is 2.52. The fourth-order valence-corrected chi connectivity index (χ4v) is 12.0. The van der Waals surface area contributed by atoms with Crippen LogP contribution in [-0.2, 0) is 0 Å². The molecule has 2 saturated carbocycles. The summed E-state index contributed by atoms with van der Waals surface area (Å²) in [6.07, 6.45) is 10.7. The van der Waals surface area contributed by atoms with Gasteiger partial charge in [-0.2, -0.15) is 10.5 Å². The van der Waals surface area contributed by atoms with Crippen LogP contribution in [-0.4, -0.2) is 9.13 Å². The van der Waals surface area contributed by atoms with Crippen LogP contribution in [0.3, 0.4) is 0 Å². The molecule has 0 atom stereocenters. The van der Waals surface area contributed by atoms with Crippen molar-refractivity contribution in [2.75, 3.05) is 0 Å². The minimum atomic E-state index is 0.126. The van der Waals surface area contributed by atoms with Gasteiger partial charge < -0.3 is 18.0 Å². The Hall–Kier alpha value is -7.28. The largest absolute Gasteiger partial charge is 0.456 e. The summed E-state index contributed by atoms with van der Waals surface area (Å²) in [7, 11) is 0. The molecule has 62 heavy (non-hydrogen) atoms. The summed E-state index contributed by atoms with van der Waals surface area (Å²) in [4.78, 5) is 0. The molecule has 0 spiro atoms. The third kappa shape index (κ3) is 4.84. The molecule has 2 aliphatic carbocycles. The third-order valence-electron chi connectivity index (χ3n) is 14.6. The van der Waals surface area contributed by atoms with Crippen LogP contribution in [0.4, 0.5) is 0 Å². The van der Waals surface area contributed by atoms with Crippen LogP contribution < -0.4 is 0 Å². The molecule has 0 amide bonds. The number of hydrogen-bond acceptors (Lipinski definition) is 4. The molecule has 4 aromatic heterocycles. The van der Waals surface area contributed by atoms with Gasteiger partial charge in [-0.3, -0.25) is 0 Å². The number of nitriles is 2. The second-order valence-electron chi connectivity index (χ2n) is 17.7. The van der Waals surface area contributed by atoms with Crippen molar-refractivity contribution in [1.82, 2.24) is 9.13 Å². The van der Waals surface area contributed by atoms with Gasteiger partial charge in [0.15, 0.2) is 0 Å². The Bertz CT molecular complexity index is 3700. The van der Waals surface area contributed by atoms with E-state index in [4.69, 9.17) is 8.83 Å². The maximum atomic E-state index is 12.1. The first-order valence-electron chi connectivity index (χ1n) is 22.4. The normalized spacial score (nSPS) is 15.6. The Labute approximate surface area is 357 Å². The van der Waals surface area contributed by atoms with Crippen LogP contribution in [0.15, 0.2) is 130 Å². The standard InChI is InChI=1S/C56H42N4O2/c57-31-41-49(33-15-3-1-4-16-33)56(60-44-24-12-8-20-36(44)38-28-30-48-52(55(38)60)40-22-10-14-26-46(40)62-48)50(34-17-5-2-6-18-34)42(32-58)53(41)59-43-23-11-7-19-35(43)37-27-29-47-51(54(37)59)39-21-9-13-25-45(39)61-47/h7-14,19-30,33-34H,1-6,15-18H2. The summed E-state index contributed by atoms with van der Waals surface area (Å²) >= 11 is 0. The van der Waals surface area contributed by atoms with E-state index in [1.807, 2.05) is 18.2 Å². The van der Waals surface area contributed by atoms with Crippen molar-refractivity contribution in [3.63, 3.8) is 0 Å². The highest BCUT2D eigenvalue weighted by Gasteiger charge is 2.37. The predicted octanol–water partition coefficient (Wildman–Crippen LogP) is 15.5. The number of aromatic nitrogens is 2. The molecule has 4 heterocycles. The number of fused-ring (bicyclic) bond motifs is 14. The van der Waals surface area contributed by atoms with Gasteiger partial charge in [-0.15, -0.1) is 0 Å². The molecule has 7 aromatic carbocycles. The van der Waals surface area contributed by atoms with E-state index in [1.54, 1.807) is 0 Å². The van der Waals surface area contributed by atoms with Crippen molar-refractivity contribution >= 4 is 87.5 Å². The van der Waals surface area contributed by atoms with Crippen molar-refractivity contribution in [2.45, 2.75) is 76.0 Å². The summed E-state index contributed by atoms with van der Waals surface area (Å²) < 4.78 is 17.9. The fraction of sp³-hybridized carbons (Fsp3) is 0.214. The smallest absolute Gasteiger partial charge is 0.137 e. The van der Waals surface area contributed by atoms with Gasteiger partial charge in [-0.05, 0) is 97.2 Å². The number of furan rings is 2. The Morgan fingerprint density at radius 2 is 0.806 bits per heavy atom. The first-order chi connectivity index (χ1) is 30.7. The Balaban J connectivity index is 1.29. The van der Waals surface area contributed by atoms with Crippen molar-refractivity contribution in [3.8, 4) is 23.5 Å². The molecule has 6 heteroatoms. The maximum absolute atomic E-state index is 12.1. The Kier molecular flexibility index (Phi) is 7.79. The molecule has 6 nitrogen and oxygen atoms in total. The van der Waals surface area contributed by atoms with Crippen molar-refractivity contribution in [2.24, 2.45) is 0 Å². The predicted molar refractivity (Wildman–Crippen MR) is 251 cm³/mol. The number of benzene rings is 7. The van der Waals surface area contributed by atoms with E-state index in [9.17, 15) is 10.5 Å². The minimum Gasteiger partial charge on any atom is -0.456 e. The molecule has 0 bridgehead atoms. The third-order valence-corrected chi connectivity index (χ3v) is 14.6. The van der Waals surface area contributed by atoms with Gasteiger partial charge in [0, 0.05) is 32.3 Å². The first kappa shape index (κ1) is 35.5. The SMILES string of the molecule is N#Cc1c(C2CCCCC2)c(-n2c3ccccc3c3ccc4oc5ccccc5c4c32)c(C2CCCCC2)c(C#N)c1-n1c2ccccc2c2ccc3oc4ccccc4c3c21. The van der Waals surface area contributed by atoms with Crippen LogP contribution in [0.5, 0.6) is 0 Å². The molecular weight excluding hydrogens is 761 g/mol. The average molecular weight is 803 g/mol. The minimum absolute atomic E-state index is 0.126. The first-order valence-corrected chi connectivity index (χ1v) is 22.4. The van der Waals surface area contributed by atoms with Gasteiger partial charge in [0.05, 0.1) is 55.3 Å². The quantitative estimate of drug-likeness (QED) is 0.177. The second-order valence-corrected chi connectivity index (χ2v) is 17.7. The van der Waals surface area contributed by atoms with E-state index in [0.717, 1.165) is 156 Å². The Morgan fingerprint density at radius 3 is 1.26 bits per heavy atom. The zero-order chi connectivity index (χ0) is 41.1. The highest BCUT2D eigenvalue weighted by atomic mass is 16.3. The van der Waals surface area contributed by atoms with Gasteiger partial charge in [0.1, 0.15) is 34.5 Å². The monoisotopic (exact) mass is 802 g/mol. The molecule has 0 aliphatic heterocycles. The van der Waals surface area contributed by atoms with Crippen LogP contribution in [0.1, 0.15) is 98.3 Å². The van der Waals surface area contributed by atoms with E-state index < -0.39 is 0 Å². The topological polar surface area (TPSA) is 83.7 Å². The molecule has 0 N–H and O–H groups in total. The molecule has 298 valence electrons. The molecule has 0 unspecified atom stereocenters. The van der Waals surface area contributed by atoms with Crippen LogP contribution >= 0.6 is 0 Å². The zero-order valence-corrected chi connectivity index (χ0v) is 34.4. The molecular formula is C56H42N4O2. The van der Waals surface area contributed by atoms with Gasteiger partial charge >= 0.3 is 0 Å². The van der Waals surface area contributed by atoms with Crippen molar-refractivity contribution < 1.29 is 8.83 Å². The van der Waals surface area contributed by atoms with E-state index in [-0.39, 0.29) is 11.8 Å². The lowest BCUT2D eigenvalue weighted by Gasteiger charge is -2.34. The van der Waals surface area contributed by atoms with Gasteiger partial charge in [-0.25, -0.2) is 0 Å². The summed E-state index contributed by atoms with van der Waals surface area (Å²) in [5.41, 5.74) is 12.5. The maximum Gasteiger partial charge on any atom is 0.137 e. The molecule has 11 aromatic rings. The lowest BCUT2D eigenvalue weighted by molar-refractivity contribution is 0.433. The van der Waals surface area contributed by atoms with Gasteiger partial charge in [-0.1, -0.05) is 111 Å². The lowest BCUT2D eigenvalue weighted by atomic mass is 9.74. The number of nitrogens with zero attached hydrogens (tertiary/aromatic N) is 4. The van der Waals surface area contributed by atoms with Crippen molar-refractivity contribution in [1.29, 1.82) is 10.5 Å². The number of rotatable bonds is 4. The number of hydrogen-bond donors (Lipinski definition) is 0.